The number of sulfonamides is 1. The van der Waals surface area contributed by atoms with Crippen LogP contribution in [-0.4, -0.2) is 50.8 Å². The first-order valence-electron chi connectivity index (χ1n) is 9.43. The van der Waals surface area contributed by atoms with Crippen LogP contribution < -0.4 is 10.2 Å². The Morgan fingerprint density at radius 1 is 1.17 bits per heavy atom. The van der Waals surface area contributed by atoms with Crippen LogP contribution >= 0.6 is 11.6 Å². The highest BCUT2D eigenvalue weighted by atomic mass is 35.5. The summed E-state index contributed by atoms with van der Waals surface area (Å²) in [6, 6.07) is 10.3. The summed E-state index contributed by atoms with van der Waals surface area (Å²) in [5, 5.41) is 3.57. The molecule has 1 aromatic carbocycles. The number of anilines is 1. The Labute approximate surface area is 176 Å². The van der Waals surface area contributed by atoms with Crippen LogP contribution in [0.3, 0.4) is 0 Å². The quantitative estimate of drug-likeness (QED) is 0.752. The number of rotatable bonds is 6. The second-order valence-electron chi connectivity index (χ2n) is 7.25. The van der Waals surface area contributed by atoms with Crippen molar-refractivity contribution < 1.29 is 13.2 Å². The van der Waals surface area contributed by atoms with E-state index < -0.39 is 10.0 Å². The third kappa shape index (κ3) is 5.26. The Balaban J connectivity index is 1.49. The molecule has 0 radical (unpaired) electrons. The Morgan fingerprint density at radius 3 is 2.38 bits per heavy atom. The number of pyridine rings is 1. The Hall–Kier alpha value is -2.16. The van der Waals surface area contributed by atoms with Gasteiger partial charge in [-0.05, 0) is 42.7 Å². The summed E-state index contributed by atoms with van der Waals surface area (Å²) in [6.45, 7) is 1.91. The van der Waals surface area contributed by atoms with Crippen LogP contribution in [0.5, 0.6) is 0 Å². The van der Waals surface area contributed by atoms with Gasteiger partial charge in [0.05, 0.1) is 9.92 Å². The number of benzene rings is 1. The zero-order chi connectivity index (χ0) is 21.0. The molecule has 0 unspecified atom stereocenters. The molecule has 3 rings (SSSR count). The molecule has 1 amide bonds. The van der Waals surface area contributed by atoms with Gasteiger partial charge in [0.1, 0.15) is 5.82 Å². The van der Waals surface area contributed by atoms with E-state index in [1.54, 1.807) is 30.5 Å². The lowest BCUT2D eigenvalue weighted by atomic mass is 9.96. The molecule has 9 heteroatoms. The van der Waals surface area contributed by atoms with Crippen molar-refractivity contribution in [1.82, 2.24) is 14.6 Å². The number of nitrogens with one attached hydrogen (secondary N) is 1. The Kier molecular flexibility index (Phi) is 6.77. The van der Waals surface area contributed by atoms with E-state index in [9.17, 15) is 13.2 Å². The third-order valence-electron chi connectivity index (χ3n) is 5.07. The van der Waals surface area contributed by atoms with Gasteiger partial charge in [0.2, 0.25) is 15.9 Å². The fourth-order valence-electron chi connectivity index (χ4n) is 3.25. The summed E-state index contributed by atoms with van der Waals surface area (Å²) in [5.74, 6) is 0.867. The van der Waals surface area contributed by atoms with Crippen molar-refractivity contribution in [2.45, 2.75) is 24.3 Å². The lowest BCUT2D eigenvalue weighted by molar-refractivity contribution is -0.125. The van der Waals surface area contributed by atoms with E-state index in [4.69, 9.17) is 11.6 Å². The molecule has 2 aromatic rings. The fraction of sp³-hybridized carbons (Fsp3) is 0.400. The molecule has 0 atom stereocenters. The van der Waals surface area contributed by atoms with Crippen molar-refractivity contribution in [2.75, 3.05) is 32.1 Å². The predicted octanol–water partition coefficient (Wildman–Crippen LogP) is 2.52. The van der Waals surface area contributed by atoms with Crippen molar-refractivity contribution in [2.24, 2.45) is 5.92 Å². The van der Waals surface area contributed by atoms with E-state index in [1.165, 1.54) is 18.4 Å². The van der Waals surface area contributed by atoms with Crippen molar-refractivity contribution in [3.63, 3.8) is 0 Å². The van der Waals surface area contributed by atoms with Crippen molar-refractivity contribution >= 4 is 33.3 Å². The molecule has 1 N–H and O–H groups in total. The molecule has 1 fully saturated rings. The van der Waals surface area contributed by atoms with Gasteiger partial charge in [0.15, 0.2) is 0 Å². The van der Waals surface area contributed by atoms with Gasteiger partial charge in [0, 0.05) is 45.8 Å². The van der Waals surface area contributed by atoms with Crippen LogP contribution in [0.15, 0.2) is 47.5 Å². The third-order valence-corrected chi connectivity index (χ3v) is 7.12. The van der Waals surface area contributed by atoms with E-state index in [2.05, 4.69) is 15.2 Å². The number of hydrogen-bond acceptors (Lipinski definition) is 5. The van der Waals surface area contributed by atoms with Crippen LogP contribution in [-0.2, 0) is 21.4 Å². The fourth-order valence-corrected chi connectivity index (χ4v) is 4.26. The van der Waals surface area contributed by atoms with Gasteiger partial charge in [-0.1, -0.05) is 23.7 Å². The van der Waals surface area contributed by atoms with Crippen LogP contribution in [0.4, 0.5) is 5.82 Å². The van der Waals surface area contributed by atoms with Gasteiger partial charge >= 0.3 is 0 Å². The highest BCUT2D eigenvalue weighted by Crippen LogP contribution is 2.23. The first kappa shape index (κ1) is 21.5. The van der Waals surface area contributed by atoms with Gasteiger partial charge < -0.3 is 10.2 Å². The van der Waals surface area contributed by atoms with Crippen molar-refractivity contribution in [3.8, 4) is 0 Å². The minimum absolute atomic E-state index is 0.0266. The van der Waals surface area contributed by atoms with Gasteiger partial charge in [-0.15, -0.1) is 0 Å². The molecule has 1 aromatic heterocycles. The summed E-state index contributed by atoms with van der Waals surface area (Å²) < 4.78 is 25.4. The molecule has 1 saturated heterocycles. The summed E-state index contributed by atoms with van der Waals surface area (Å²) >= 11 is 5.88. The highest BCUT2D eigenvalue weighted by Gasteiger charge is 2.25. The van der Waals surface area contributed by atoms with Crippen molar-refractivity contribution in [3.05, 3.63) is 53.2 Å². The monoisotopic (exact) mass is 436 g/mol. The minimum Gasteiger partial charge on any atom is -0.357 e. The molecule has 1 aliphatic rings. The first-order chi connectivity index (χ1) is 13.8. The number of halogens is 1. The van der Waals surface area contributed by atoms with Crippen LogP contribution in [0, 0.1) is 5.92 Å². The number of amides is 1. The Bertz CT molecular complexity index is 939. The molecule has 0 spiro atoms. The average molecular weight is 437 g/mol. The second-order valence-corrected chi connectivity index (χ2v) is 9.83. The SMILES string of the molecule is CN(C)S(=O)(=O)c1ccc(CNC(=O)C2CCN(c3ccc(Cl)cn3)CC2)cc1. The summed E-state index contributed by atoms with van der Waals surface area (Å²) in [7, 11) is -0.448. The summed E-state index contributed by atoms with van der Waals surface area (Å²) in [5.41, 5.74) is 0.860. The van der Waals surface area contributed by atoms with E-state index in [0.29, 0.717) is 11.6 Å². The molecule has 1 aliphatic heterocycles. The standard InChI is InChI=1S/C20H25ClN4O3S/c1-24(2)29(27,28)18-6-3-15(4-7-18)13-23-20(26)16-9-11-25(12-10-16)19-8-5-17(21)14-22-19/h3-8,14,16H,9-13H2,1-2H3,(H,23,26). The van der Waals surface area contributed by atoms with Gasteiger partial charge in [-0.2, -0.15) is 0 Å². The first-order valence-corrected chi connectivity index (χ1v) is 11.2. The Morgan fingerprint density at radius 2 is 1.83 bits per heavy atom. The normalized spacial score (nSPS) is 15.5. The van der Waals surface area contributed by atoms with E-state index in [1.807, 2.05) is 12.1 Å². The molecule has 7 nitrogen and oxygen atoms in total. The van der Waals surface area contributed by atoms with Gasteiger partial charge in [-0.25, -0.2) is 17.7 Å². The summed E-state index contributed by atoms with van der Waals surface area (Å²) in [6.07, 6.45) is 3.15. The van der Waals surface area contributed by atoms with Crippen LogP contribution in [0.25, 0.3) is 0 Å². The van der Waals surface area contributed by atoms with Gasteiger partial charge in [0.25, 0.3) is 0 Å². The smallest absolute Gasteiger partial charge is 0.242 e. The molecular weight excluding hydrogens is 412 g/mol. The minimum atomic E-state index is -3.44. The molecule has 0 saturated carbocycles. The zero-order valence-electron chi connectivity index (χ0n) is 16.5. The number of carbonyl (C=O) groups excluding carboxylic acids is 1. The predicted molar refractivity (Wildman–Crippen MR) is 113 cm³/mol. The van der Waals surface area contributed by atoms with Crippen LogP contribution in [0.1, 0.15) is 18.4 Å². The maximum atomic E-state index is 12.5. The second kappa shape index (κ2) is 9.11. The lowest BCUT2D eigenvalue weighted by Gasteiger charge is -2.32. The van der Waals surface area contributed by atoms with E-state index in [0.717, 1.165) is 37.3 Å². The number of piperidine rings is 1. The molecule has 0 bridgehead atoms. The zero-order valence-corrected chi connectivity index (χ0v) is 18.1. The van der Waals surface area contributed by atoms with Crippen LogP contribution in [0.2, 0.25) is 5.02 Å². The number of hydrogen-bond donors (Lipinski definition) is 1. The number of nitrogens with zero attached hydrogens (tertiary/aromatic N) is 3. The molecule has 0 aliphatic carbocycles. The maximum absolute atomic E-state index is 12.5. The summed E-state index contributed by atoms with van der Waals surface area (Å²) in [4.78, 5) is 19.2. The van der Waals surface area contributed by atoms with Crippen molar-refractivity contribution in [1.29, 1.82) is 0 Å². The average Bonchev–Trinajstić information content (AvgIpc) is 2.73. The molecule has 156 valence electrons. The highest BCUT2D eigenvalue weighted by molar-refractivity contribution is 7.89. The lowest BCUT2D eigenvalue weighted by Crippen LogP contribution is -2.40. The molecular formula is C20H25ClN4O3S. The number of carbonyl (C=O) groups is 1. The number of aromatic nitrogens is 1. The van der Waals surface area contributed by atoms with Gasteiger partial charge in [-0.3, -0.25) is 4.79 Å². The topological polar surface area (TPSA) is 82.6 Å². The maximum Gasteiger partial charge on any atom is 0.242 e. The van der Waals surface area contributed by atoms with E-state index in [-0.39, 0.29) is 16.7 Å². The largest absolute Gasteiger partial charge is 0.357 e. The molecule has 29 heavy (non-hydrogen) atoms. The van der Waals surface area contributed by atoms with E-state index >= 15 is 0 Å². The molecule has 2 heterocycles.